The normalized spacial score (nSPS) is 10.8. The van der Waals surface area contributed by atoms with Gasteiger partial charge in [-0.1, -0.05) is 251 Å². The summed E-state index contributed by atoms with van der Waals surface area (Å²) in [4.78, 5) is 0. The van der Waals surface area contributed by atoms with Gasteiger partial charge >= 0.3 is 0 Å². The summed E-state index contributed by atoms with van der Waals surface area (Å²) in [6.07, 6.45) is 0. The van der Waals surface area contributed by atoms with Crippen LogP contribution in [0.15, 0.2) is 231 Å². The topological polar surface area (TPSA) is 0 Å². The minimum atomic E-state index is 1.29. The Morgan fingerprint density at radius 2 is 0.419 bits per heavy atom. The Balaban J connectivity index is 0.000000114. The second-order valence-electron chi connectivity index (χ2n) is 20.6. The van der Waals surface area contributed by atoms with Crippen molar-refractivity contribution in [3.8, 4) is 11.1 Å². The molecule has 0 saturated carbocycles. The first kappa shape index (κ1) is 50.6. The van der Waals surface area contributed by atoms with Crippen molar-refractivity contribution in [1.29, 1.82) is 0 Å². The lowest BCUT2D eigenvalue weighted by atomic mass is 9.98. The summed E-state index contributed by atoms with van der Waals surface area (Å²) in [7, 11) is 0. The van der Waals surface area contributed by atoms with Gasteiger partial charge in [0.15, 0.2) is 0 Å². The number of aryl methyl sites for hydroxylation is 10. The molecule has 0 unspecified atom stereocenters. The standard InChI is InChI=1S/3C16H14.C14H14.C12H12/c1-11-3-7-15-13(9-11)5-6-14-10-12(2)4-8-16(14)15;1-11-3-5-13-10-16-8-12(2)4-6-14(16)9-15(13)7-11;1-11-5-3-7-13-9-14-8-4-6-12(2)16(14)10-15(11)13;1-11-3-7-13(8-4-11)14-9-5-12(2)6-10-14;1-9-3-5-12-8-10(2)4-6-11(12)7-9/h3*3-10H,1-2H3;3-10H,1-2H3;3-8H,1-2H3. The number of fused-ring (bicyclic) bond motifs is 8. The predicted molar refractivity (Wildman–Crippen MR) is 328 cm³/mol. The minimum absolute atomic E-state index is 1.29. The van der Waals surface area contributed by atoms with Gasteiger partial charge in [0.05, 0.1) is 0 Å². The molecule has 0 saturated heterocycles. The zero-order chi connectivity index (χ0) is 51.9. The molecule has 364 valence electrons. The van der Waals surface area contributed by atoms with Crippen LogP contribution in [0.1, 0.15) is 55.6 Å². The maximum atomic E-state index is 2.31. The molecule has 0 amide bonds. The quantitative estimate of drug-likeness (QED) is 0.114. The molecule has 13 aromatic carbocycles. The molecule has 0 aromatic heterocycles. The molecule has 0 heteroatoms. The van der Waals surface area contributed by atoms with Gasteiger partial charge in [0, 0.05) is 0 Å². The van der Waals surface area contributed by atoms with E-state index < -0.39 is 0 Å². The lowest BCUT2D eigenvalue weighted by molar-refractivity contribution is 1.45. The van der Waals surface area contributed by atoms with Crippen LogP contribution in [0.3, 0.4) is 0 Å². The molecule has 0 atom stereocenters. The van der Waals surface area contributed by atoms with Crippen molar-refractivity contribution in [2.45, 2.75) is 69.2 Å². The summed E-state index contributed by atoms with van der Waals surface area (Å²) in [5.41, 5.74) is 15.8. The second-order valence-corrected chi connectivity index (χ2v) is 20.6. The van der Waals surface area contributed by atoms with Crippen LogP contribution in [0.2, 0.25) is 0 Å². The van der Waals surface area contributed by atoms with Gasteiger partial charge in [0.25, 0.3) is 0 Å². The van der Waals surface area contributed by atoms with Crippen LogP contribution >= 0.6 is 0 Å². The van der Waals surface area contributed by atoms with Crippen LogP contribution < -0.4 is 0 Å². The molecule has 0 heterocycles. The predicted octanol–water partition coefficient (Wildman–Crippen LogP) is 21.3. The van der Waals surface area contributed by atoms with Crippen molar-refractivity contribution < 1.29 is 0 Å². The fourth-order valence-electron chi connectivity index (χ4n) is 9.89. The lowest BCUT2D eigenvalue weighted by Gasteiger charge is -2.06. The number of hydrogen-bond donors (Lipinski definition) is 0. The summed E-state index contributed by atoms with van der Waals surface area (Å²) >= 11 is 0. The first-order chi connectivity index (χ1) is 35.7. The van der Waals surface area contributed by atoms with Gasteiger partial charge in [0.2, 0.25) is 0 Å². The van der Waals surface area contributed by atoms with E-state index in [9.17, 15) is 0 Å². The highest BCUT2D eigenvalue weighted by atomic mass is 14.1. The third-order valence-electron chi connectivity index (χ3n) is 14.2. The highest BCUT2D eigenvalue weighted by molar-refractivity contribution is 6.08. The van der Waals surface area contributed by atoms with Crippen molar-refractivity contribution in [3.05, 3.63) is 286 Å². The van der Waals surface area contributed by atoms with Gasteiger partial charge in [-0.05, 0) is 191 Å². The van der Waals surface area contributed by atoms with Crippen molar-refractivity contribution in [1.82, 2.24) is 0 Å². The highest BCUT2D eigenvalue weighted by Gasteiger charge is 2.04. The van der Waals surface area contributed by atoms with E-state index in [0.29, 0.717) is 0 Å². The Kier molecular flexibility index (Phi) is 15.5. The van der Waals surface area contributed by atoms with Crippen molar-refractivity contribution >= 4 is 75.4 Å². The summed E-state index contributed by atoms with van der Waals surface area (Å²) < 4.78 is 0. The third-order valence-corrected chi connectivity index (χ3v) is 14.2. The molecule has 0 fully saturated rings. The average molecular weight is 957 g/mol. The van der Waals surface area contributed by atoms with Gasteiger partial charge in [-0.15, -0.1) is 0 Å². The van der Waals surface area contributed by atoms with Crippen LogP contribution in [-0.4, -0.2) is 0 Å². The van der Waals surface area contributed by atoms with E-state index in [0.717, 1.165) is 0 Å². The van der Waals surface area contributed by atoms with E-state index in [1.807, 2.05) is 0 Å². The Hall–Kier alpha value is -8.32. The molecular formula is C74H68. The van der Waals surface area contributed by atoms with Crippen LogP contribution in [0.5, 0.6) is 0 Å². The zero-order valence-corrected chi connectivity index (χ0v) is 44.9. The molecule has 0 bridgehead atoms. The SMILES string of the molecule is Cc1ccc(-c2ccc(C)cc2)cc1.Cc1ccc2c(ccc3cc(C)ccc32)c1.Cc1ccc2cc(C)ccc2c1.Cc1ccc2cc3cc(C)ccc3cc2c1.Cc1cccc2cc3cccc(C)c3cc12. The van der Waals surface area contributed by atoms with Crippen molar-refractivity contribution in [3.63, 3.8) is 0 Å². The average Bonchev–Trinajstić information content (AvgIpc) is 3.39. The minimum Gasteiger partial charge on any atom is -0.0614 e. The number of rotatable bonds is 1. The van der Waals surface area contributed by atoms with Gasteiger partial charge in [0.1, 0.15) is 0 Å². The van der Waals surface area contributed by atoms with Gasteiger partial charge in [-0.3, -0.25) is 0 Å². The molecule has 0 aliphatic carbocycles. The molecule has 0 spiro atoms. The van der Waals surface area contributed by atoms with E-state index in [-0.39, 0.29) is 0 Å². The summed E-state index contributed by atoms with van der Waals surface area (Å²) in [6.45, 7) is 21.4. The smallest absolute Gasteiger partial charge is 0.0105 e. The Labute approximate surface area is 439 Å². The Bertz CT molecular complexity index is 3810. The fraction of sp³-hybridized carbons (Fsp3) is 0.135. The molecule has 0 N–H and O–H groups in total. The van der Waals surface area contributed by atoms with E-state index >= 15 is 0 Å². The Morgan fingerprint density at radius 3 is 0.784 bits per heavy atom. The number of benzene rings is 13. The van der Waals surface area contributed by atoms with E-state index in [1.54, 1.807) is 0 Å². The van der Waals surface area contributed by atoms with Crippen molar-refractivity contribution in [2.75, 3.05) is 0 Å². The van der Waals surface area contributed by atoms with Crippen LogP contribution in [0, 0.1) is 69.2 Å². The lowest BCUT2D eigenvalue weighted by Crippen LogP contribution is -1.82. The summed E-state index contributed by atoms with van der Waals surface area (Å²) in [5.74, 6) is 0. The van der Waals surface area contributed by atoms with E-state index in [4.69, 9.17) is 0 Å². The largest absolute Gasteiger partial charge is 0.0614 e. The molecule has 0 radical (unpaired) electrons. The molecule has 0 aliphatic heterocycles. The molecule has 0 aliphatic rings. The highest BCUT2D eigenvalue weighted by Crippen LogP contribution is 2.29. The maximum absolute atomic E-state index is 2.31. The fourth-order valence-corrected chi connectivity index (χ4v) is 9.89. The summed E-state index contributed by atoms with van der Waals surface area (Å²) in [6, 6.07) is 83.4. The van der Waals surface area contributed by atoms with E-state index in [2.05, 4.69) is 300 Å². The molecular weight excluding hydrogens is 889 g/mol. The van der Waals surface area contributed by atoms with E-state index in [1.165, 1.54) is 142 Å². The van der Waals surface area contributed by atoms with Crippen LogP contribution in [0.4, 0.5) is 0 Å². The van der Waals surface area contributed by atoms with Gasteiger partial charge < -0.3 is 0 Å². The van der Waals surface area contributed by atoms with Crippen LogP contribution in [0.25, 0.3) is 86.5 Å². The number of hydrogen-bond acceptors (Lipinski definition) is 0. The van der Waals surface area contributed by atoms with Gasteiger partial charge in [-0.25, -0.2) is 0 Å². The van der Waals surface area contributed by atoms with Crippen LogP contribution in [-0.2, 0) is 0 Å². The first-order valence-corrected chi connectivity index (χ1v) is 26.0. The molecule has 13 rings (SSSR count). The summed E-state index contributed by atoms with van der Waals surface area (Å²) in [5, 5.41) is 18.7. The molecule has 74 heavy (non-hydrogen) atoms. The Morgan fingerprint density at radius 1 is 0.162 bits per heavy atom. The molecule has 0 nitrogen and oxygen atoms in total. The molecule has 13 aromatic rings. The zero-order valence-electron chi connectivity index (χ0n) is 44.9. The second kappa shape index (κ2) is 22.6. The third kappa shape index (κ3) is 12.3. The first-order valence-electron chi connectivity index (χ1n) is 26.0. The maximum Gasteiger partial charge on any atom is -0.0105 e. The monoisotopic (exact) mass is 957 g/mol. The van der Waals surface area contributed by atoms with Gasteiger partial charge in [-0.2, -0.15) is 0 Å². The van der Waals surface area contributed by atoms with Crippen molar-refractivity contribution in [2.24, 2.45) is 0 Å².